The fourth-order valence-corrected chi connectivity index (χ4v) is 3.04. The Kier molecular flexibility index (Phi) is 4.94. The first-order chi connectivity index (χ1) is 10.1. The molecule has 0 unspecified atom stereocenters. The molecule has 1 aromatic carbocycles. The van der Waals surface area contributed by atoms with E-state index in [1.165, 1.54) is 7.11 Å². The average Bonchev–Trinajstić information content (AvgIpc) is 2.98. The van der Waals surface area contributed by atoms with Gasteiger partial charge in [-0.1, -0.05) is 6.07 Å². The summed E-state index contributed by atoms with van der Waals surface area (Å²) < 4.78 is 32.4. The molecular formula is C13H18N4O3S. The molecule has 2 aromatic rings. The van der Waals surface area contributed by atoms with Gasteiger partial charge in [-0.15, -0.1) is 0 Å². The minimum absolute atomic E-state index is 0.119. The monoisotopic (exact) mass is 310 g/mol. The third-order valence-corrected chi connectivity index (χ3v) is 4.36. The number of nitrogens with zero attached hydrogens (tertiary/aromatic N) is 1. The number of methoxy groups -OCH3 is 1. The molecule has 21 heavy (non-hydrogen) atoms. The van der Waals surface area contributed by atoms with E-state index in [1.54, 1.807) is 30.6 Å². The van der Waals surface area contributed by atoms with Crippen LogP contribution in [0.25, 0.3) is 0 Å². The van der Waals surface area contributed by atoms with E-state index in [2.05, 4.69) is 20.2 Å². The van der Waals surface area contributed by atoms with Gasteiger partial charge in [0.1, 0.15) is 10.6 Å². The molecule has 0 saturated carbocycles. The standard InChI is InChI=1S/C13H18N4O3S/c1-14-6-10-3-4-13(12(5-10)20-2)21(18,19)17-9-11-7-15-16-8-11/h3-5,7-8,14,17H,6,9H2,1-2H3,(H,15,16). The highest BCUT2D eigenvalue weighted by Gasteiger charge is 2.19. The molecule has 0 aliphatic heterocycles. The van der Waals surface area contributed by atoms with Gasteiger partial charge in [-0.3, -0.25) is 5.10 Å². The summed E-state index contributed by atoms with van der Waals surface area (Å²) in [7, 11) is -0.373. The first-order valence-electron chi connectivity index (χ1n) is 6.35. The first-order valence-corrected chi connectivity index (χ1v) is 7.84. The molecule has 7 nitrogen and oxygen atoms in total. The average molecular weight is 310 g/mol. The second-order valence-corrected chi connectivity index (χ2v) is 6.18. The van der Waals surface area contributed by atoms with Crippen LogP contribution in [0.1, 0.15) is 11.1 Å². The predicted molar refractivity (Wildman–Crippen MR) is 78.4 cm³/mol. The molecule has 0 radical (unpaired) electrons. The van der Waals surface area contributed by atoms with E-state index in [0.29, 0.717) is 12.3 Å². The number of nitrogens with one attached hydrogen (secondary N) is 3. The van der Waals surface area contributed by atoms with E-state index in [1.807, 2.05) is 7.05 Å². The molecule has 0 aliphatic rings. The molecule has 1 heterocycles. The van der Waals surface area contributed by atoms with Gasteiger partial charge in [0.25, 0.3) is 0 Å². The van der Waals surface area contributed by atoms with Gasteiger partial charge in [0.2, 0.25) is 10.0 Å². The maximum atomic E-state index is 12.3. The number of H-pyrrole nitrogens is 1. The Hall–Kier alpha value is -1.90. The van der Waals surface area contributed by atoms with Crippen LogP contribution in [0.5, 0.6) is 5.75 Å². The number of rotatable bonds is 7. The summed E-state index contributed by atoms with van der Waals surface area (Å²) in [6, 6.07) is 5.01. The highest BCUT2D eigenvalue weighted by molar-refractivity contribution is 7.89. The summed E-state index contributed by atoms with van der Waals surface area (Å²) in [5.41, 5.74) is 1.70. The molecule has 0 bridgehead atoms. The Morgan fingerprint density at radius 2 is 2.10 bits per heavy atom. The molecule has 114 valence electrons. The zero-order valence-corrected chi connectivity index (χ0v) is 12.7. The first kappa shape index (κ1) is 15.5. The number of benzene rings is 1. The number of aromatic amines is 1. The predicted octanol–water partition coefficient (Wildman–Crippen LogP) is 0.616. The molecule has 0 atom stereocenters. The van der Waals surface area contributed by atoms with Crippen LogP contribution in [-0.4, -0.2) is 32.8 Å². The second kappa shape index (κ2) is 6.70. The van der Waals surface area contributed by atoms with Crippen molar-refractivity contribution in [1.82, 2.24) is 20.2 Å². The zero-order chi connectivity index (χ0) is 15.3. The van der Waals surface area contributed by atoms with Crippen LogP contribution in [0.3, 0.4) is 0 Å². The molecule has 3 N–H and O–H groups in total. The lowest BCUT2D eigenvalue weighted by molar-refractivity contribution is 0.401. The maximum Gasteiger partial charge on any atom is 0.244 e. The largest absolute Gasteiger partial charge is 0.495 e. The van der Waals surface area contributed by atoms with Crippen molar-refractivity contribution in [2.24, 2.45) is 0 Å². The molecule has 8 heteroatoms. The highest BCUT2D eigenvalue weighted by atomic mass is 32.2. The molecule has 1 aromatic heterocycles. The van der Waals surface area contributed by atoms with Gasteiger partial charge in [0.15, 0.2) is 0 Å². The van der Waals surface area contributed by atoms with Crippen molar-refractivity contribution < 1.29 is 13.2 Å². The Bertz CT molecular complexity index is 683. The van der Waals surface area contributed by atoms with Crippen LogP contribution >= 0.6 is 0 Å². The number of aromatic nitrogens is 2. The third kappa shape index (κ3) is 3.81. The summed E-state index contributed by atoms with van der Waals surface area (Å²) in [4.78, 5) is 0.119. The smallest absolute Gasteiger partial charge is 0.244 e. The number of hydrogen-bond acceptors (Lipinski definition) is 5. The van der Waals surface area contributed by atoms with Crippen molar-refractivity contribution >= 4 is 10.0 Å². The lowest BCUT2D eigenvalue weighted by atomic mass is 10.2. The van der Waals surface area contributed by atoms with Crippen LogP contribution < -0.4 is 14.8 Å². The van der Waals surface area contributed by atoms with Gasteiger partial charge in [-0.05, 0) is 24.7 Å². The zero-order valence-electron chi connectivity index (χ0n) is 11.9. The molecular weight excluding hydrogens is 292 g/mol. The van der Waals surface area contributed by atoms with E-state index in [-0.39, 0.29) is 11.4 Å². The van der Waals surface area contributed by atoms with E-state index in [4.69, 9.17) is 4.74 Å². The molecule has 0 amide bonds. The Labute approximate surface area is 123 Å². The summed E-state index contributed by atoms with van der Waals surface area (Å²) in [6.45, 7) is 0.805. The van der Waals surface area contributed by atoms with Crippen molar-refractivity contribution in [1.29, 1.82) is 0 Å². The molecule has 0 aliphatic carbocycles. The minimum Gasteiger partial charge on any atom is -0.495 e. The Morgan fingerprint density at radius 3 is 2.71 bits per heavy atom. The van der Waals surface area contributed by atoms with Gasteiger partial charge in [-0.2, -0.15) is 5.10 Å². The van der Waals surface area contributed by atoms with Crippen LogP contribution in [0.15, 0.2) is 35.5 Å². The summed E-state index contributed by atoms with van der Waals surface area (Å²) in [5, 5.41) is 9.41. The maximum absolute atomic E-state index is 12.3. The fourth-order valence-electron chi connectivity index (χ4n) is 1.88. The fraction of sp³-hybridized carbons (Fsp3) is 0.308. The topological polar surface area (TPSA) is 96.1 Å². The highest BCUT2D eigenvalue weighted by Crippen LogP contribution is 2.25. The van der Waals surface area contributed by atoms with E-state index < -0.39 is 10.0 Å². The lowest BCUT2D eigenvalue weighted by Crippen LogP contribution is -2.23. The third-order valence-electron chi connectivity index (χ3n) is 2.92. The van der Waals surface area contributed by atoms with E-state index >= 15 is 0 Å². The van der Waals surface area contributed by atoms with Gasteiger partial charge < -0.3 is 10.1 Å². The SMILES string of the molecule is CNCc1ccc(S(=O)(=O)NCc2cn[nH]c2)c(OC)c1. The van der Waals surface area contributed by atoms with Crippen LogP contribution in [0, 0.1) is 0 Å². The molecule has 2 rings (SSSR count). The summed E-state index contributed by atoms with van der Waals surface area (Å²) in [5.74, 6) is 0.322. The van der Waals surface area contributed by atoms with Crippen molar-refractivity contribution in [2.45, 2.75) is 18.0 Å². The minimum atomic E-state index is -3.65. The normalized spacial score (nSPS) is 11.5. The summed E-state index contributed by atoms with van der Waals surface area (Å²) >= 11 is 0. The van der Waals surface area contributed by atoms with Crippen LogP contribution in [0.2, 0.25) is 0 Å². The van der Waals surface area contributed by atoms with Gasteiger partial charge in [-0.25, -0.2) is 13.1 Å². The van der Waals surface area contributed by atoms with E-state index in [9.17, 15) is 8.42 Å². The lowest BCUT2D eigenvalue weighted by Gasteiger charge is -2.12. The van der Waals surface area contributed by atoms with Gasteiger partial charge in [0, 0.05) is 24.8 Å². The van der Waals surface area contributed by atoms with Crippen molar-refractivity contribution in [3.05, 3.63) is 41.7 Å². The van der Waals surface area contributed by atoms with Crippen molar-refractivity contribution in [3.8, 4) is 5.75 Å². The number of ether oxygens (including phenoxy) is 1. The van der Waals surface area contributed by atoms with Gasteiger partial charge in [0.05, 0.1) is 13.3 Å². The van der Waals surface area contributed by atoms with Gasteiger partial charge >= 0.3 is 0 Å². The Balaban J connectivity index is 2.22. The van der Waals surface area contributed by atoms with Crippen LogP contribution in [0.4, 0.5) is 0 Å². The van der Waals surface area contributed by atoms with Crippen LogP contribution in [-0.2, 0) is 23.1 Å². The van der Waals surface area contributed by atoms with Crippen molar-refractivity contribution in [2.75, 3.05) is 14.2 Å². The summed E-state index contributed by atoms with van der Waals surface area (Å²) in [6.07, 6.45) is 3.20. The van der Waals surface area contributed by atoms with Crippen molar-refractivity contribution in [3.63, 3.8) is 0 Å². The second-order valence-electron chi connectivity index (χ2n) is 4.45. The number of hydrogen-bond donors (Lipinski definition) is 3. The quantitative estimate of drug-likeness (QED) is 0.696. The number of sulfonamides is 1. The molecule has 0 spiro atoms. The molecule has 0 saturated heterocycles. The van der Waals surface area contributed by atoms with E-state index in [0.717, 1.165) is 11.1 Å². The molecule has 0 fully saturated rings. The Morgan fingerprint density at radius 1 is 1.29 bits per heavy atom.